The highest BCUT2D eigenvalue weighted by Gasteiger charge is 2.27. The third-order valence-electron chi connectivity index (χ3n) is 7.30. The lowest BCUT2D eigenvalue weighted by molar-refractivity contribution is 0.0773. The van der Waals surface area contributed by atoms with Crippen LogP contribution in [0.15, 0.2) is 77.7 Å². The molecule has 2 aromatic carbocycles. The van der Waals surface area contributed by atoms with Crippen LogP contribution in [0.25, 0.3) is 0 Å². The van der Waals surface area contributed by atoms with Crippen LogP contribution in [0.5, 0.6) is 0 Å². The number of carbonyl (C=O) groups is 1. The van der Waals surface area contributed by atoms with Crippen LogP contribution in [0.2, 0.25) is 0 Å². The van der Waals surface area contributed by atoms with E-state index in [1.165, 1.54) is 21.6 Å². The van der Waals surface area contributed by atoms with Gasteiger partial charge in [-0.3, -0.25) is 14.6 Å². The molecule has 202 valence electrons. The zero-order valence-electron chi connectivity index (χ0n) is 23.3. The summed E-state index contributed by atoms with van der Waals surface area (Å²) in [6.07, 6.45) is 2.32. The minimum Gasteiger partial charge on any atom is -0.380 e. The molecular formula is C32H42N4OS. The summed E-state index contributed by atoms with van der Waals surface area (Å²) < 4.78 is 0. The Morgan fingerprint density at radius 2 is 1.71 bits per heavy atom. The summed E-state index contributed by atoms with van der Waals surface area (Å²) in [7, 11) is 0. The predicted octanol–water partition coefficient (Wildman–Crippen LogP) is 6.52. The van der Waals surface area contributed by atoms with E-state index >= 15 is 0 Å². The molecule has 1 amide bonds. The van der Waals surface area contributed by atoms with Crippen LogP contribution in [0.3, 0.4) is 0 Å². The minimum absolute atomic E-state index is 0.103. The van der Waals surface area contributed by atoms with Gasteiger partial charge in [0.1, 0.15) is 0 Å². The van der Waals surface area contributed by atoms with Gasteiger partial charge >= 0.3 is 0 Å². The molecule has 1 aromatic heterocycles. The van der Waals surface area contributed by atoms with Crippen molar-refractivity contribution in [1.29, 1.82) is 0 Å². The van der Waals surface area contributed by atoms with E-state index in [0.29, 0.717) is 0 Å². The lowest BCUT2D eigenvalue weighted by atomic mass is 9.94. The molecule has 0 radical (unpaired) electrons. The van der Waals surface area contributed by atoms with Gasteiger partial charge in [-0.15, -0.1) is 11.3 Å². The van der Waals surface area contributed by atoms with Gasteiger partial charge in [-0.1, -0.05) is 42.0 Å². The van der Waals surface area contributed by atoms with Crippen molar-refractivity contribution in [3.8, 4) is 0 Å². The molecule has 1 N–H and O–H groups in total. The van der Waals surface area contributed by atoms with E-state index in [1.54, 1.807) is 11.3 Å². The number of rotatable bonds is 11. The molecule has 6 heteroatoms. The van der Waals surface area contributed by atoms with Gasteiger partial charge in [0.25, 0.3) is 5.91 Å². The molecule has 4 rings (SSSR count). The first kappa shape index (κ1) is 28.1. The fourth-order valence-corrected chi connectivity index (χ4v) is 5.70. The minimum atomic E-state index is 0.103. The molecule has 1 unspecified atom stereocenters. The number of carbonyl (C=O) groups excluding carboxylic acids is 1. The van der Waals surface area contributed by atoms with Crippen LogP contribution in [0, 0.1) is 0 Å². The van der Waals surface area contributed by atoms with E-state index in [9.17, 15) is 4.79 Å². The lowest BCUT2D eigenvalue weighted by Gasteiger charge is -2.39. The van der Waals surface area contributed by atoms with Gasteiger partial charge in [-0.05, 0) is 74.5 Å². The summed E-state index contributed by atoms with van der Waals surface area (Å²) in [5.74, 6) is 0.103. The number of allylic oxidation sites excluding steroid dienone is 1. The molecular weight excluding hydrogens is 488 g/mol. The summed E-state index contributed by atoms with van der Waals surface area (Å²) >= 11 is 1.78. The molecule has 1 fully saturated rings. The molecule has 5 nitrogen and oxygen atoms in total. The summed E-state index contributed by atoms with van der Waals surface area (Å²) in [5, 5.41) is 5.73. The van der Waals surface area contributed by atoms with E-state index in [-0.39, 0.29) is 11.9 Å². The molecule has 1 aliphatic heterocycles. The second-order valence-electron chi connectivity index (χ2n) is 10.2. The van der Waals surface area contributed by atoms with Crippen molar-refractivity contribution < 1.29 is 4.79 Å². The van der Waals surface area contributed by atoms with Crippen LogP contribution in [-0.4, -0.2) is 66.4 Å². The van der Waals surface area contributed by atoms with Gasteiger partial charge in [0.05, 0.1) is 6.04 Å². The number of benzene rings is 2. The van der Waals surface area contributed by atoms with E-state index in [1.807, 2.05) is 30.9 Å². The van der Waals surface area contributed by atoms with Gasteiger partial charge in [0.15, 0.2) is 0 Å². The first-order valence-electron chi connectivity index (χ1n) is 13.8. The molecule has 0 saturated carbocycles. The molecule has 0 aliphatic carbocycles. The highest BCUT2D eigenvalue weighted by atomic mass is 32.1. The number of anilines is 1. The Hall–Kier alpha value is -2.93. The first-order chi connectivity index (χ1) is 18.5. The average Bonchev–Trinajstić information content (AvgIpc) is 3.47. The zero-order chi connectivity index (χ0) is 26.9. The Bertz CT molecular complexity index is 1170. The molecule has 2 heterocycles. The summed E-state index contributed by atoms with van der Waals surface area (Å²) in [5.41, 5.74) is 5.78. The smallest absolute Gasteiger partial charge is 0.253 e. The van der Waals surface area contributed by atoms with Crippen molar-refractivity contribution in [1.82, 2.24) is 14.7 Å². The molecule has 1 atom stereocenters. The highest BCUT2D eigenvalue weighted by Crippen LogP contribution is 2.32. The van der Waals surface area contributed by atoms with Crippen molar-refractivity contribution in [2.75, 3.05) is 51.1 Å². The normalized spacial score (nSPS) is 15.2. The number of piperazine rings is 1. The van der Waals surface area contributed by atoms with Crippen LogP contribution >= 0.6 is 11.3 Å². The zero-order valence-corrected chi connectivity index (χ0v) is 24.1. The fourth-order valence-electron chi connectivity index (χ4n) is 5.05. The molecule has 1 aliphatic rings. The second-order valence-corrected chi connectivity index (χ2v) is 11.2. The molecule has 38 heavy (non-hydrogen) atoms. The number of hydrogen-bond acceptors (Lipinski definition) is 5. The summed E-state index contributed by atoms with van der Waals surface area (Å²) in [6.45, 7) is 15.8. The third-order valence-corrected chi connectivity index (χ3v) is 8.18. The Labute approximate surface area is 232 Å². The predicted molar refractivity (Wildman–Crippen MR) is 161 cm³/mol. The van der Waals surface area contributed by atoms with Crippen LogP contribution < -0.4 is 5.32 Å². The van der Waals surface area contributed by atoms with Gasteiger partial charge < -0.3 is 10.2 Å². The molecule has 3 aromatic rings. The Kier molecular flexibility index (Phi) is 10.2. The molecule has 1 saturated heterocycles. The highest BCUT2D eigenvalue weighted by molar-refractivity contribution is 7.09. The van der Waals surface area contributed by atoms with Crippen molar-refractivity contribution in [2.24, 2.45) is 0 Å². The number of nitrogens with zero attached hydrogens (tertiary/aromatic N) is 3. The second kappa shape index (κ2) is 13.7. The topological polar surface area (TPSA) is 38.8 Å². The average molecular weight is 531 g/mol. The first-order valence-corrected chi connectivity index (χ1v) is 14.7. The Morgan fingerprint density at radius 3 is 2.34 bits per heavy atom. The van der Waals surface area contributed by atoms with Crippen molar-refractivity contribution in [3.05, 3.63) is 99.3 Å². The molecule has 0 spiro atoms. The summed E-state index contributed by atoms with van der Waals surface area (Å²) in [4.78, 5) is 21.2. The van der Waals surface area contributed by atoms with E-state index in [0.717, 1.165) is 63.6 Å². The van der Waals surface area contributed by atoms with Gasteiger partial charge in [-0.2, -0.15) is 0 Å². The van der Waals surface area contributed by atoms with Gasteiger partial charge in [0.2, 0.25) is 0 Å². The quantitative estimate of drug-likeness (QED) is 0.287. The monoisotopic (exact) mass is 530 g/mol. The number of hydrogen-bond donors (Lipinski definition) is 1. The van der Waals surface area contributed by atoms with Crippen molar-refractivity contribution in [3.63, 3.8) is 0 Å². The maximum atomic E-state index is 12.9. The number of thiophene rings is 1. The Balaban J connectivity index is 1.57. The van der Waals surface area contributed by atoms with E-state index in [4.69, 9.17) is 0 Å². The number of amides is 1. The Morgan fingerprint density at radius 1 is 0.974 bits per heavy atom. The summed E-state index contributed by atoms with van der Waals surface area (Å²) in [6, 6.07) is 21.6. The van der Waals surface area contributed by atoms with Crippen molar-refractivity contribution >= 4 is 22.9 Å². The van der Waals surface area contributed by atoms with E-state index in [2.05, 4.69) is 89.0 Å². The maximum Gasteiger partial charge on any atom is 0.253 e. The standard InChI is InChI=1S/C32H42N4OS/c1-5-35(6-2)32(37)27-14-12-26(13-15-27)31(36-20-18-34(19-21-36)17-16-25(3)4)28-9-7-10-29(23-28)33-24-30-11-8-22-38-30/h7-16,22-23,31,33H,5-6,17-21,24H2,1-4H3. The number of nitrogens with one attached hydrogen (secondary N) is 1. The third kappa shape index (κ3) is 7.34. The molecule has 0 bridgehead atoms. The van der Waals surface area contributed by atoms with E-state index < -0.39 is 0 Å². The van der Waals surface area contributed by atoms with Crippen LogP contribution in [0.4, 0.5) is 5.69 Å². The lowest BCUT2D eigenvalue weighted by Crippen LogP contribution is -2.47. The van der Waals surface area contributed by atoms with Crippen LogP contribution in [0.1, 0.15) is 60.1 Å². The largest absolute Gasteiger partial charge is 0.380 e. The maximum absolute atomic E-state index is 12.9. The fraction of sp³-hybridized carbons (Fsp3) is 0.406. The van der Waals surface area contributed by atoms with Crippen molar-refractivity contribution in [2.45, 2.75) is 40.3 Å². The van der Waals surface area contributed by atoms with Gasteiger partial charge in [-0.25, -0.2) is 0 Å². The van der Waals surface area contributed by atoms with Crippen LogP contribution in [-0.2, 0) is 6.54 Å². The van der Waals surface area contributed by atoms with Gasteiger partial charge in [0, 0.05) is 68.5 Å². The SMILES string of the molecule is CCN(CC)C(=O)c1ccc(C(c2cccc(NCc3cccs3)c2)N2CCN(CC=C(C)C)CC2)cc1.